The van der Waals surface area contributed by atoms with Gasteiger partial charge < -0.3 is 10.1 Å². The van der Waals surface area contributed by atoms with Gasteiger partial charge in [-0.15, -0.1) is 0 Å². The third-order valence-corrected chi connectivity index (χ3v) is 4.42. The van der Waals surface area contributed by atoms with Crippen LogP contribution in [0.1, 0.15) is 33.1 Å². The van der Waals surface area contributed by atoms with Crippen LogP contribution in [-0.4, -0.2) is 46.0 Å². The van der Waals surface area contributed by atoms with Crippen molar-refractivity contribution in [1.29, 1.82) is 0 Å². The van der Waals surface area contributed by atoms with E-state index in [1.54, 1.807) is 7.11 Å². The first-order chi connectivity index (χ1) is 7.93. The molecule has 1 saturated carbocycles. The SMILES string of the molecule is COC1CCC(NS(=O)(=O)CCNC(C)C)C1. The van der Waals surface area contributed by atoms with Crippen LogP contribution in [-0.2, 0) is 14.8 Å². The van der Waals surface area contributed by atoms with E-state index in [1.807, 2.05) is 13.8 Å². The summed E-state index contributed by atoms with van der Waals surface area (Å²) < 4.78 is 31.5. The summed E-state index contributed by atoms with van der Waals surface area (Å²) in [6.07, 6.45) is 2.80. The molecule has 0 amide bonds. The smallest absolute Gasteiger partial charge is 0.213 e. The molecule has 2 atom stereocenters. The minimum absolute atomic E-state index is 0.0454. The molecule has 5 nitrogen and oxygen atoms in total. The number of ether oxygens (including phenoxy) is 1. The van der Waals surface area contributed by atoms with Gasteiger partial charge in [0, 0.05) is 25.7 Å². The summed E-state index contributed by atoms with van der Waals surface area (Å²) in [6.45, 7) is 4.49. The van der Waals surface area contributed by atoms with Gasteiger partial charge in [-0.3, -0.25) is 0 Å². The number of rotatable bonds is 7. The molecule has 2 N–H and O–H groups in total. The number of hydrogen-bond donors (Lipinski definition) is 2. The van der Waals surface area contributed by atoms with E-state index in [1.165, 1.54) is 0 Å². The van der Waals surface area contributed by atoms with Crippen LogP contribution >= 0.6 is 0 Å². The van der Waals surface area contributed by atoms with Crippen molar-refractivity contribution in [2.75, 3.05) is 19.4 Å². The highest BCUT2D eigenvalue weighted by molar-refractivity contribution is 7.89. The van der Waals surface area contributed by atoms with E-state index in [2.05, 4.69) is 10.0 Å². The summed E-state index contributed by atoms with van der Waals surface area (Å²) in [5.74, 6) is 0.138. The Balaban J connectivity index is 2.29. The normalized spacial score (nSPS) is 25.6. The van der Waals surface area contributed by atoms with Gasteiger partial charge in [-0.1, -0.05) is 13.8 Å². The second kappa shape index (κ2) is 6.68. The molecule has 102 valence electrons. The Kier molecular flexibility index (Phi) is 5.85. The highest BCUT2D eigenvalue weighted by atomic mass is 32.2. The highest BCUT2D eigenvalue weighted by Gasteiger charge is 2.27. The molecular weight excluding hydrogens is 240 g/mol. The van der Waals surface area contributed by atoms with E-state index >= 15 is 0 Å². The number of methoxy groups -OCH3 is 1. The molecule has 1 rings (SSSR count). The van der Waals surface area contributed by atoms with Gasteiger partial charge in [-0.2, -0.15) is 0 Å². The van der Waals surface area contributed by atoms with E-state index < -0.39 is 10.0 Å². The Morgan fingerprint density at radius 1 is 1.35 bits per heavy atom. The summed E-state index contributed by atoms with van der Waals surface area (Å²) >= 11 is 0. The van der Waals surface area contributed by atoms with Crippen LogP contribution in [0.4, 0.5) is 0 Å². The Morgan fingerprint density at radius 3 is 2.59 bits per heavy atom. The zero-order valence-corrected chi connectivity index (χ0v) is 11.7. The van der Waals surface area contributed by atoms with Gasteiger partial charge in [0.15, 0.2) is 0 Å². The zero-order valence-electron chi connectivity index (χ0n) is 10.9. The van der Waals surface area contributed by atoms with Gasteiger partial charge >= 0.3 is 0 Å². The lowest BCUT2D eigenvalue weighted by Gasteiger charge is -2.14. The minimum atomic E-state index is -3.16. The first-order valence-corrected chi connectivity index (χ1v) is 7.84. The summed E-state index contributed by atoms with van der Waals surface area (Å²) in [7, 11) is -1.49. The van der Waals surface area contributed by atoms with Crippen LogP contribution in [0, 0.1) is 0 Å². The van der Waals surface area contributed by atoms with Crippen LogP contribution in [0.15, 0.2) is 0 Å². The molecule has 0 aromatic heterocycles. The van der Waals surface area contributed by atoms with Crippen molar-refractivity contribution in [2.45, 2.75) is 51.3 Å². The van der Waals surface area contributed by atoms with Crippen LogP contribution in [0.3, 0.4) is 0 Å². The molecule has 0 bridgehead atoms. The van der Waals surface area contributed by atoms with Crippen molar-refractivity contribution in [3.63, 3.8) is 0 Å². The van der Waals surface area contributed by atoms with E-state index in [4.69, 9.17) is 4.74 Å². The predicted molar refractivity (Wildman–Crippen MR) is 68.5 cm³/mol. The van der Waals surface area contributed by atoms with Gasteiger partial charge in [-0.25, -0.2) is 13.1 Å². The molecule has 0 aliphatic heterocycles. The van der Waals surface area contributed by atoms with Crippen molar-refractivity contribution >= 4 is 10.0 Å². The molecule has 0 aromatic carbocycles. The fourth-order valence-corrected chi connectivity index (χ4v) is 3.28. The summed E-state index contributed by atoms with van der Waals surface area (Å²) in [6, 6.07) is 0.360. The third-order valence-electron chi connectivity index (χ3n) is 2.99. The monoisotopic (exact) mass is 264 g/mol. The molecule has 2 unspecified atom stereocenters. The molecule has 1 fully saturated rings. The fourth-order valence-electron chi connectivity index (χ4n) is 2.06. The maximum absolute atomic E-state index is 11.8. The fraction of sp³-hybridized carbons (Fsp3) is 1.00. The molecule has 17 heavy (non-hydrogen) atoms. The lowest BCUT2D eigenvalue weighted by Crippen LogP contribution is -2.39. The molecule has 0 radical (unpaired) electrons. The predicted octanol–water partition coefficient (Wildman–Crippen LogP) is 0.471. The second-order valence-corrected chi connectivity index (χ2v) is 6.79. The number of hydrogen-bond acceptors (Lipinski definition) is 4. The minimum Gasteiger partial charge on any atom is -0.381 e. The average Bonchev–Trinajstić information content (AvgIpc) is 2.63. The van der Waals surface area contributed by atoms with Gasteiger partial charge in [0.25, 0.3) is 0 Å². The summed E-state index contributed by atoms with van der Waals surface area (Å²) in [5, 5.41) is 3.10. The summed E-state index contributed by atoms with van der Waals surface area (Å²) in [4.78, 5) is 0. The van der Waals surface area contributed by atoms with Gasteiger partial charge in [-0.05, 0) is 19.3 Å². The Morgan fingerprint density at radius 2 is 2.06 bits per heavy atom. The Labute approximate surface area is 104 Å². The van der Waals surface area contributed by atoms with Crippen molar-refractivity contribution in [2.24, 2.45) is 0 Å². The highest BCUT2D eigenvalue weighted by Crippen LogP contribution is 2.21. The molecule has 0 aromatic rings. The van der Waals surface area contributed by atoms with E-state index in [-0.39, 0.29) is 17.9 Å². The molecule has 0 saturated heterocycles. The van der Waals surface area contributed by atoms with Crippen molar-refractivity contribution < 1.29 is 13.2 Å². The van der Waals surface area contributed by atoms with Crippen LogP contribution in [0.2, 0.25) is 0 Å². The van der Waals surface area contributed by atoms with Crippen LogP contribution < -0.4 is 10.0 Å². The molecular formula is C11H24N2O3S. The topological polar surface area (TPSA) is 67.4 Å². The molecule has 0 spiro atoms. The van der Waals surface area contributed by atoms with Crippen LogP contribution in [0.25, 0.3) is 0 Å². The maximum Gasteiger partial charge on any atom is 0.213 e. The van der Waals surface area contributed by atoms with Crippen molar-refractivity contribution in [3.05, 3.63) is 0 Å². The van der Waals surface area contributed by atoms with Gasteiger partial charge in [0.2, 0.25) is 10.0 Å². The maximum atomic E-state index is 11.8. The number of nitrogens with one attached hydrogen (secondary N) is 2. The first kappa shape index (κ1) is 14.9. The Bertz CT molecular complexity index is 317. The first-order valence-electron chi connectivity index (χ1n) is 6.19. The van der Waals surface area contributed by atoms with E-state index in [0.717, 1.165) is 19.3 Å². The van der Waals surface area contributed by atoms with E-state index in [9.17, 15) is 8.42 Å². The summed E-state index contributed by atoms with van der Waals surface area (Å²) in [5.41, 5.74) is 0. The van der Waals surface area contributed by atoms with Gasteiger partial charge in [0.1, 0.15) is 0 Å². The molecule has 6 heteroatoms. The molecule has 0 heterocycles. The van der Waals surface area contributed by atoms with Crippen molar-refractivity contribution in [3.8, 4) is 0 Å². The zero-order chi connectivity index (χ0) is 12.9. The lowest BCUT2D eigenvalue weighted by molar-refractivity contribution is 0.107. The van der Waals surface area contributed by atoms with Gasteiger partial charge in [0.05, 0.1) is 11.9 Å². The quantitative estimate of drug-likeness (QED) is 0.701. The molecule has 1 aliphatic rings. The van der Waals surface area contributed by atoms with Crippen molar-refractivity contribution in [1.82, 2.24) is 10.0 Å². The largest absolute Gasteiger partial charge is 0.381 e. The Hall–Kier alpha value is -0.170. The van der Waals surface area contributed by atoms with E-state index in [0.29, 0.717) is 12.6 Å². The standard InChI is InChI=1S/C11H24N2O3S/c1-9(2)12-6-7-17(14,15)13-10-4-5-11(8-10)16-3/h9-13H,4-8H2,1-3H3. The molecule has 1 aliphatic carbocycles. The second-order valence-electron chi connectivity index (χ2n) is 4.91. The average molecular weight is 264 g/mol. The lowest BCUT2D eigenvalue weighted by atomic mass is 10.3. The third kappa shape index (κ3) is 5.81. The van der Waals surface area contributed by atoms with Crippen LogP contribution in [0.5, 0.6) is 0 Å². The number of sulfonamides is 1.